The third-order valence-electron chi connectivity index (χ3n) is 3.74. The number of phenols is 1. The Hall–Kier alpha value is -1.67. The molecule has 1 N–H and O–H groups in total. The van der Waals surface area contributed by atoms with Gasteiger partial charge in [0.1, 0.15) is 6.29 Å². The van der Waals surface area contributed by atoms with E-state index in [1.165, 1.54) is 65.3 Å². The molecule has 4 heterocycles. The molecule has 21 heavy (non-hydrogen) atoms. The third-order valence-corrected chi connectivity index (χ3v) is 3.74. The van der Waals surface area contributed by atoms with Gasteiger partial charge in [0.2, 0.25) is 0 Å². The van der Waals surface area contributed by atoms with Crippen LogP contribution in [0.5, 0.6) is 11.5 Å². The lowest BCUT2D eigenvalue weighted by atomic mass is 10.2. The van der Waals surface area contributed by atoms with E-state index in [1.807, 2.05) is 0 Å². The Morgan fingerprint density at radius 1 is 1.00 bits per heavy atom. The molecule has 0 atom stereocenters. The molecule has 7 heteroatoms. The van der Waals surface area contributed by atoms with Gasteiger partial charge in [0.15, 0.2) is 11.5 Å². The molecule has 0 aromatic heterocycles. The zero-order chi connectivity index (χ0) is 14.8. The molecule has 0 radical (unpaired) electrons. The fraction of sp³-hybridized carbons (Fsp3) is 0.500. The van der Waals surface area contributed by atoms with Gasteiger partial charge >= 0.3 is 0 Å². The quantitative estimate of drug-likeness (QED) is 0.781. The van der Waals surface area contributed by atoms with Crippen LogP contribution in [0, 0.1) is 0 Å². The highest BCUT2D eigenvalue weighted by atomic mass is 16.5. The van der Waals surface area contributed by atoms with E-state index in [4.69, 9.17) is 9.84 Å². The summed E-state index contributed by atoms with van der Waals surface area (Å²) in [4.78, 5) is 20.1. The molecule has 1 aromatic rings. The smallest absolute Gasteiger partial charge is 0.161 e. The number of aldehydes is 1. The van der Waals surface area contributed by atoms with Crippen LogP contribution in [0.4, 0.5) is 0 Å². The highest BCUT2D eigenvalue weighted by molar-refractivity contribution is 5.76. The van der Waals surface area contributed by atoms with Crippen LogP contribution in [0.2, 0.25) is 0 Å². The van der Waals surface area contributed by atoms with Crippen molar-refractivity contribution in [2.45, 2.75) is 0 Å². The first-order valence-corrected chi connectivity index (χ1v) is 6.89. The molecule has 4 bridgehead atoms. The fourth-order valence-electron chi connectivity index (χ4n) is 3.00. The second-order valence-electron chi connectivity index (χ2n) is 5.58. The van der Waals surface area contributed by atoms with Crippen LogP contribution in [0.1, 0.15) is 10.4 Å². The molecule has 4 fully saturated rings. The van der Waals surface area contributed by atoms with Gasteiger partial charge in [-0.25, -0.2) is 0 Å². The van der Waals surface area contributed by atoms with E-state index >= 15 is 0 Å². The molecule has 114 valence electrons. The summed E-state index contributed by atoms with van der Waals surface area (Å²) in [6.07, 6.45) is 0.696. The van der Waals surface area contributed by atoms with Gasteiger partial charge in [-0.3, -0.25) is 24.4 Å². The zero-order valence-electron chi connectivity index (χ0n) is 12.1. The first-order valence-electron chi connectivity index (χ1n) is 6.89. The number of benzene rings is 1. The predicted octanol–water partition coefficient (Wildman–Crippen LogP) is 0.193. The Morgan fingerprint density at radius 3 is 1.86 bits per heavy atom. The number of aromatic hydroxyl groups is 1. The average Bonchev–Trinajstić information content (AvgIpc) is 2.47. The SMILES string of the molecule is C1N2CN3CN1CN(C2)C3.COc1cc(C=O)ccc1O. The first kappa shape index (κ1) is 14.3. The Bertz CT molecular complexity index is 466. The van der Waals surface area contributed by atoms with E-state index in [0.29, 0.717) is 17.6 Å². The molecular formula is C14H20N4O3. The maximum Gasteiger partial charge on any atom is 0.161 e. The number of rotatable bonds is 2. The maximum atomic E-state index is 10.2. The Balaban J connectivity index is 0.000000126. The second kappa shape index (κ2) is 5.98. The van der Waals surface area contributed by atoms with Crippen molar-refractivity contribution in [3.63, 3.8) is 0 Å². The lowest BCUT2D eigenvalue weighted by molar-refractivity contribution is -0.194. The summed E-state index contributed by atoms with van der Waals surface area (Å²) in [6, 6.07) is 4.41. The van der Waals surface area contributed by atoms with Crippen LogP contribution in [-0.2, 0) is 0 Å². The minimum Gasteiger partial charge on any atom is -0.504 e. The van der Waals surface area contributed by atoms with E-state index in [1.54, 1.807) is 0 Å². The van der Waals surface area contributed by atoms with Crippen molar-refractivity contribution in [1.29, 1.82) is 0 Å². The predicted molar refractivity (Wildman–Crippen MR) is 76.6 cm³/mol. The van der Waals surface area contributed by atoms with E-state index < -0.39 is 0 Å². The molecule has 0 spiro atoms. The molecule has 5 rings (SSSR count). The van der Waals surface area contributed by atoms with Crippen molar-refractivity contribution in [1.82, 2.24) is 19.6 Å². The number of carbonyl (C=O) groups excluding carboxylic acids is 1. The summed E-state index contributed by atoms with van der Waals surface area (Å²) >= 11 is 0. The maximum absolute atomic E-state index is 10.2. The summed E-state index contributed by atoms with van der Waals surface area (Å²) in [6.45, 7) is 7.12. The summed E-state index contributed by atoms with van der Waals surface area (Å²) in [5.74, 6) is 0.354. The Labute approximate surface area is 123 Å². The van der Waals surface area contributed by atoms with Gasteiger partial charge in [-0.15, -0.1) is 0 Å². The van der Waals surface area contributed by atoms with E-state index in [0.717, 1.165) is 0 Å². The molecule has 0 saturated carbocycles. The largest absolute Gasteiger partial charge is 0.504 e. The minimum absolute atomic E-state index is 0.0399. The van der Waals surface area contributed by atoms with E-state index in [2.05, 4.69) is 19.6 Å². The monoisotopic (exact) mass is 292 g/mol. The number of methoxy groups -OCH3 is 1. The van der Waals surface area contributed by atoms with Crippen LogP contribution in [-0.4, -0.2) is 78.1 Å². The van der Waals surface area contributed by atoms with Crippen LogP contribution in [0.25, 0.3) is 0 Å². The fourth-order valence-corrected chi connectivity index (χ4v) is 3.00. The van der Waals surface area contributed by atoms with Gasteiger partial charge in [-0.2, -0.15) is 0 Å². The zero-order valence-corrected chi connectivity index (χ0v) is 12.1. The molecule has 0 aliphatic carbocycles. The summed E-state index contributed by atoms with van der Waals surface area (Å²) < 4.78 is 4.78. The van der Waals surface area contributed by atoms with Gasteiger partial charge < -0.3 is 9.84 Å². The number of ether oxygens (including phenoxy) is 1. The number of hydrogen-bond donors (Lipinski definition) is 1. The molecule has 7 nitrogen and oxygen atoms in total. The third kappa shape index (κ3) is 3.16. The molecule has 4 saturated heterocycles. The van der Waals surface area contributed by atoms with Gasteiger partial charge in [0.25, 0.3) is 0 Å². The standard InChI is InChI=1S/C8H8O3.C6H12N4/c1-11-8-4-6(5-9)2-3-7(8)10;1-7-2-9-4-8(1)5-10(3-7)6-9/h2-5,10H,1H3;1-6H2. The molecule has 0 unspecified atom stereocenters. The van der Waals surface area contributed by atoms with Gasteiger partial charge in [0.05, 0.1) is 47.1 Å². The van der Waals surface area contributed by atoms with Crippen molar-refractivity contribution in [3.8, 4) is 11.5 Å². The normalized spacial score (nSPS) is 32.2. The van der Waals surface area contributed by atoms with Crippen LogP contribution in [0.3, 0.4) is 0 Å². The lowest BCUT2D eigenvalue weighted by Crippen LogP contribution is -2.71. The summed E-state index contributed by atoms with van der Waals surface area (Å²) in [7, 11) is 1.43. The van der Waals surface area contributed by atoms with E-state index in [9.17, 15) is 4.79 Å². The van der Waals surface area contributed by atoms with Gasteiger partial charge in [0, 0.05) is 5.56 Å². The van der Waals surface area contributed by atoms with Crippen molar-refractivity contribution < 1.29 is 14.6 Å². The van der Waals surface area contributed by atoms with Crippen molar-refractivity contribution in [2.75, 3.05) is 47.1 Å². The van der Waals surface area contributed by atoms with Gasteiger partial charge in [-0.05, 0) is 18.2 Å². The molecule has 4 aliphatic heterocycles. The van der Waals surface area contributed by atoms with E-state index in [-0.39, 0.29) is 5.75 Å². The van der Waals surface area contributed by atoms with Crippen LogP contribution >= 0.6 is 0 Å². The first-order chi connectivity index (χ1) is 10.2. The Morgan fingerprint density at radius 2 is 1.48 bits per heavy atom. The van der Waals surface area contributed by atoms with Crippen LogP contribution in [0.15, 0.2) is 18.2 Å². The number of nitrogens with zero attached hydrogens (tertiary/aromatic N) is 4. The summed E-state index contributed by atoms with van der Waals surface area (Å²) in [5, 5.41) is 9.09. The molecule has 1 aromatic carbocycles. The molecular weight excluding hydrogens is 272 g/mol. The lowest BCUT2D eigenvalue weighted by Gasteiger charge is -2.56. The Kier molecular flexibility index (Phi) is 4.07. The summed E-state index contributed by atoms with van der Waals surface area (Å²) in [5.41, 5.74) is 0.486. The highest BCUT2D eigenvalue weighted by Gasteiger charge is 2.36. The van der Waals surface area contributed by atoms with Gasteiger partial charge in [-0.1, -0.05) is 0 Å². The van der Waals surface area contributed by atoms with Crippen LogP contribution < -0.4 is 4.74 Å². The molecule has 4 aliphatic rings. The second-order valence-corrected chi connectivity index (χ2v) is 5.58. The number of hydrogen-bond acceptors (Lipinski definition) is 7. The number of carbonyl (C=O) groups is 1. The minimum atomic E-state index is 0.0399. The highest BCUT2D eigenvalue weighted by Crippen LogP contribution is 2.25. The topological polar surface area (TPSA) is 59.5 Å². The van der Waals surface area contributed by atoms with Crippen molar-refractivity contribution in [3.05, 3.63) is 23.8 Å². The number of phenolic OH excluding ortho intramolecular Hbond substituents is 1. The van der Waals surface area contributed by atoms with Crippen molar-refractivity contribution in [2.24, 2.45) is 0 Å². The average molecular weight is 292 g/mol. The van der Waals surface area contributed by atoms with Crippen molar-refractivity contribution >= 4 is 6.29 Å². The molecule has 0 amide bonds.